The summed E-state index contributed by atoms with van der Waals surface area (Å²) in [5, 5.41) is 31.8. The number of hydrogen-bond donors (Lipinski definition) is 7. The summed E-state index contributed by atoms with van der Waals surface area (Å²) in [7, 11) is -1.77. The number of nitrogens with zero attached hydrogens (tertiary/aromatic N) is 2. The average Bonchev–Trinajstić information content (AvgIpc) is 3.35. The Morgan fingerprint density at radius 1 is 1.15 bits per heavy atom. The number of rotatable bonds is 11. The highest BCUT2D eigenvalue weighted by atomic mass is 19.4. The van der Waals surface area contributed by atoms with Crippen molar-refractivity contribution >= 4 is 36.8 Å². The van der Waals surface area contributed by atoms with Crippen LogP contribution < -0.4 is 22.1 Å². The summed E-state index contributed by atoms with van der Waals surface area (Å²) in [6.45, 7) is 2.00. The van der Waals surface area contributed by atoms with Crippen molar-refractivity contribution in [2.45, 2.75) is 63.2 Å². The highest BCUT2D eigenvalue weighted by Gasteiger charge is 2.39. The second-order valence-electron chi connectivity index (χ2n) is 8.91. The minimum atomic E-state index is -5.08. The number of carbonyl (C=O) groups is 4. The Kier molecular flexibility index (Phi) is 13.9. The molecule has 0 bridgehead atoms. The van der Waals surface area contributed by atoms with Gasteiger partial charge in [0.15, 0.2) is 5.96 Å². The first-order chi connectivity index (χ1) is 18.6. The highest BCUT2D eigenvalue weighted by molar-refractivity contribution is 6.43. The zero-order chi connectivity index (χ0) is 30.5. The van der Waals surface area contributed by atoms with Gasteiger partial charge in [0.1, 0.15) is 12.1 Å². The molecule has 1 aromatic rings. The first kappa shape index (κ1) is 34.2. The zero-order valence-electron chi connectivity index (χ0n) is 21.8. The van der Waals surface area contributed by atoms with Gasteiger partial charge in [0.25, 0.3) is 0 Å². The SMILES string of the molecule is CC(=O)N[C@H](Cc1ccccc1)C(=O)N1CCC[C@@H]1C(=O)NC(CCCN=C(N)N)B(O)O.O=C(O)C(F)(F)F. The summed E-state index contributed by atoms with van der Waals surface area (Å²) in [6, 6.07) is 7.73. The van der Waals surface area contributed by atoms with Crippen LogP contribution in [0.25, 0.3) is 0 Å². The van der Waals surface area contributed by atoms with Crippen LogP contribution in [0.15, 0.2) is 35.3 Å². The molecule has 1 heterocycles. The molecule has 1 aliphatic rings. The molecule has 3 atom stereocenters. The van der Waals surface area contributed by atoms with Gasteiger partial charge in [-0.3, -0.25) is 19.4 Å². The van der Waals surface area contributed by atoms with E-state index in [-0.39, 0.29) is 30.7 Å². The predicted molar refractivity (Wildman–Crippen MR) is 138 cm³/mol. The Balaban J connectivity index is 0.00000101. The number of nitrogens with two attached hydrogens (primary N) is 2. The first-order valence-electron chi connectivity index (χ1n) is 12.3. The van der Waals surface area contributed by atoms with Crippen LogP contribution >= 0.6 is 0 Å². The van der Waals surface area contributed by atoms with Gasteiger partial charge in [-0.25, -0.2) is 4.79 Å². The average molecular weight is 574 g/mol. The van der Waals surface area contributed by atoms with Gasteiger partial charge in [0.05, 0.1) is 5.94 Å². The van der Waals surface area contributed by atoms with Gasteiger partial charge >= 0.3 is 19.3 Å². The summed E-state index contributed by atoms with van der Waals surface area (Å²) >= 11 is 0. The molecule has 40 heavy (non-hydrogen) atoms. The van der Waals surface area contributed by atoms with E-state index in [4.69, 9.17) is 21.4 Å². The third-order valence-electron chi connectivity index (χ3n) is 5.69. The smallest absolute Gasteiger partial charge is 0.475 e. The van der Waals surface area contributed by atoms with E-state index in [0.29, 0.717) is 32.2 Å². The number of aliphatic carboxylic acids is 1. The number of likely N-dealkylation sites (tertiary alicyclic amines) is 1. The standard InChI is InChI=1S/C21H33BN6O5.C2HF3O2/c1-14(29)26-16(13-15-7-3-2-4-8-15)20(31)28-12-6-9-17(28)19(30)27-18(22(32)33)10-5-11-25-21(23)24;3-2(4,5)1(6)7/h2-4,7-8,16-18,32-33H,5-6,9-13H2,1H3,(H,26,29)(H,27,30)(H4,23,24,25);(H,6,7)/t16-,17-,18?;/m1./s1. The fraction of sp³-hybridized carbons (Fsp3) is 0.522. The van der Waals surface area contributed by atoms with Gasteiger partial charge in [-0.05, 0) is 31.2 Å². The Labute approximate surface area is 228 Å². The fourth-order valence-electron chi connectivity index (χ4n) is 3.89. The quantitative estimate of drug-likeness (QED) is 0.0738. The van der Waals surface area contributed by atoms with Gasteiger partial charge in [0.2, 0.25) is 17.7 Å². The van der Waals surface area contributed by atoms with E-state index in [1.807, 2.05) is 30.3 Å². The molecule has 0 aliphatic carbocycles. The topological polar surface area (TPSA) is 221 Å². The Morgan fingerprint density at radius 3 is 2.25 bits per heavy atom. The number of benzene rings is 1. The van der Waals surface area contributed by atoms with E-state index in [1.54, 1.807) is 0 Å². The highest BCUT2D eigenvalue weighted by Crippen LogP contribution is 2.20. The molecule has 17 heteroatoms. The van der Waals surface area contributed by atoms with E-state index >= 15 is 0 Å². The zero-order valence-corrected chi connectivity index (χ0v) is 21.8. The van der Waals surface area contributed by atoms with Crippen LogP contribution in [0.2, 0.25) is 0 Å². The molecule has 9 N–H and O–H groups in total. The summed E-state index contributed by atoms with van der Waals surface area (Å²) < 4.78 is 31.7. The molecule has 0 spiro atoms. The van der Waals surface area contributed by atoms with Crippen molar-refractivity contribution in [2.24, 2.45) is 16.5 Å². The third kappa shape index (κ3) is 12.3. The van der Waals surface area contributed by atoms with E-state index < -0.39 is 43.2 Å². The van der Waals surface area contributed by atoms with Crippen LogP contribution in [-0.2, 0) is 25.6 Å². The number of amides is 3. The number of nitrogens with one attached hydrogen (secondary N) is 2. The normalized spacial score (nSPS) is 16.1. The van der Waals surface area contributed by atoms with Crippen molar-refractivity contribution in [1.29, 1.82) is 0 Å². The fourth-order valence-corrected chi connectivity index (χ4v) is 3.89. The summed E-state index contributed by atoms with van der Waals surface area (Å²) in [4.78, 5) is 52.1. The van der Waals surface area contributed by atoms with Crippen molar-refractivity contribution in [3.8, 4) is 0 Å². The van der Waals surface area contributed by atoms with E-state index in [1.165, 1.54) is 11.8 Å². The van der Waals surface area contributed by atoms with Crippen molar-refractivity contribution in [3.05, 3.63) is 35.9 Å². The maximum Gasteiger partial charge on any atom is 0.490 e. The first-order valence-corrected chi connectivity index (χ1v) is 12.3. The maximum atomic E-state index is 13.3. The lowest BCUT2D eigenvalue weighted by Crippen LogP contribution is -2.56. The largest absolute Gasteiger partial charge is 0.490 e. The van der Waals surface area contributed by atoms with Crippen LogP contribution in [0.5, 0.6) is 0 Å². The van der Waals surface area contributed by atoms with Gasteiger partial charge in [0, 0.05) is 26.4 Å². The molecular formula is C23H34BF3N6O7. The minimum Gasteiger partial charge on any atom is -0.475 e. The monoisotopic (exact) mass is 574 g/mol. The summed E-state index contributed by atoms with van der Waals surface area (Å²) in [5.41, 5.74) is 11.4. The lowest BCUT2D eigenvalue weighted by atomic mass is 9.76. The molecule has 1 unspecified atom stereocenters. The third-order valence-corrected chi connectivity index (χ3v) is 5.69. The molecule has 13 nitrogen and oxygen atoms in total. The molecule has 0 radical (unpaired) electrons. The molecule has 222 valence electrons. The Bertz CT molecular complexity index is 1030. The summed E-state index contributed by atoms with van der Waals surface area (Å²) in [6.07, 6.45) is -3.05. The molecule has 1 saturated heterocycles. The molecule has 3 amide bonds. The molecular weight excluding hydrogens is 540 g/mol. The van der Waals surface area contributed by atoms with Gasteiger partial charge in [-0.1, -0.05) is 30.3 Å². The molecule has 2 rings (SSSR count). The van der Waals surface area contributed by atoms with Crippen LogP contribution in [0, 0.1) is 0 Å². The second kappa shape index (κ2) is 16.3. The molecule has 1 aromatic carbocycles. The minimum absolute atomic E-state index is 0.0653. The van der Waals surface area contributed by atoms with Gasteiger partial charge in [-0.15, -0.1) is 0 Å². The lowest BCUT2D eigenvalue weighted by molar-refractivity contribution is -0.192. The van der Waals surface area contributed by atoms with Crippen molar-refractivity contribution in [2.75, 3.05) is 13.1 Å². The van der Waals surface area contributed by atoms with Crippen LogP contribution in [0.3, 0.4) is 0 Å². The van der Waals surface area contributed by atoms with E-state index in [9.17, 15) is 37.6 Å². The number of carboxylic acid groups (broad SMARTS) is 1. The second-order valence-corrected chi connectivity index (χ2v) is 8.91. The number of carbonyl (C=O) groups excluding carboxylic acids is 3. The predicted octanol–water partition coefficient (Wildman–Crippen LogP) is -1.09. The Morgan fingerprint density at radius 2 is 1.75 bits per heavy atom. The van der Waals surface area contributed by atoms with Crippen LogP contribution in [0.4, 0.5) is 13.2 Å². The van der Waals surface area contributed by atoms with E-state index in [0.717, 1.165) is 5.56 Å². The number of alkyl halides is 3. The van der Waals surface area contributed by atoms with Crippen molar-refractivity contribution in [3.63, 3.8) is 0 Å². The van der Waals surface area contributed by atoms with Gasteiger partial charge < -0.3 is 42.2 Å². The molecule has 0 saturated carbocycles. The number of guanidine groups is 1. The number of halogens is 3. The lowest BCUT2D eigenvalue weighted by Gasteiger charge is -2.30. The van der Waals surface area contributed by atoms with Gasteiger partial charge in [-0.2, -0.15) is 13.2 Å². The van der Waals surface area contributed by atoms with Crippen LogP contribution in [-0.4, -0.2) is 94.1 Å². The van der Waals surface area contributed by atoms with Crippen molar-refractivity contribution in [1.82, 2.24) is 15.5 Å². The van der Waals surface area contributed by atoms with Crippen molar-refractivity contribution < 1.29 is 47.5 Å². The molecule has 0 aromatic heterocycles. The number of hydrogen-bond acceptors (Lipinski definition) is 7. The van der Waals surface area contributed by atoms with E-state index in [2.05, 4.69) is 15.6 Å². The molecule has 1 fully saturated rings. The number of aliphatic imine (C=N–C) groups is 1. The Hall–Kier alpha value is -3.86. The number of carboxylic acids is 1. The maximum absolute atomic E-state index is 13.3. The van der Waals surface area contributed by atoms with Crippen LogP contribution in [0.1, 0.15) is 38.2 Å². The summed E-state index contributed by atoms with van der Waals surface area (Å²) in [5.74, 6) is -4.91. The molecule has 1 aliphatic heterocycles.